The Labute approximate surface area is 255 Å². The third kappa shape index (κ3) is 5.15. The normalized spacial score (nSPS) is 14.8. The van der Waals surface area contributed by atoms with Crippen LogP contribution in [-0.4, -0.2) is 25.2 Å². The number of rotatable bonds is 4. The number of aromatic amines is 2. The summed E-state index contributed by atoms with van der Waals surface area (Å²) < 4.78 is 0. The van der Waals surface area contributed by atoms with Gasteiger partial charge in [-0.1, -0.05) is 79.9 Å². The summed E-state index contributed by atoms with van der Waals surface area (Å²) in [5, 5.41) is 0.595. The van der Waals surface area contributed by atoms with E-state index in [1.165, 1.54) is 37.0 Å². The van der Waals surface area contributed by atoms with Crippen LogP contribution in [-0.2, 0) is 0 Å². The van der Waals surface area contributed by atoms with Crippen molar-refractivity contribution in [3.8, 4) is 22.3 Å². The maximum atomic E-state index is 5.34. The van der Waals surface area contributed by atoms with E-state index in [4.69, 9.17) is 9.97 Å². The Morgan fingerprint density at radius 2 is 1.16 bits per heavy atom. The monoisotopic (exact) mass is 576 g/mol. The van der Waals surface area contributed by atoms with Crippen LogP contribution in [0.1, 0.15) is 54.9 Å². The lowest BCUT2D eigenvalue weighted by atomic mass is 10.0. The number of H-pyrrole nitrogens is 2. The van der Waals surface area contributed by atoms with Gasteiger partial charge >= 0.3 is 0 Å². The van der Waals surface area contributed by atoms with Gasteiger partial charge in [0.05, 0.1) is 33.2 Å². The summed E-state index contributed by atoms with van der Waals surface area (Å²) in [5.74, 6) is 0. The predicted octanol–water partition coefficient (Wildman–Crippen LogP) is 10.4. The van der Waals surface area contributed by atoms with Crippen molar-refractivity contribution in [2.45, 2.75) is 42.2 Å². The molecule has 8 rings (SSSR count). The minimum atomic E-state index is 0.595. The highest BCUT2D eigenvalue weighted by molar-refractivity contribution is 8.00. The van der Waals surface area contributed by atoms with Gasteiger partial charge in [0.15, 0.2) is 0 Å². The van der Waals surface area contributed by atoms with Crippen molar-refractivity contribution in [3.63, 3.8) is 0 Å². The van der Waals surface area contributed by atoms with E-state index in [0.717, 1.165) is 67.1 Å². The molecule has 210 valence electrons. The molecule has 0 atom stereocenters. The summed E-state index contributed by atoms with van der Waals surface area (Å²) in [7, 11) is 0. The largest absolute Gasteiger partial charge is 0.355 e. The Bertz CT molecular complexity index is 1990. The van der Waals surface area contributed by atoms with Gasteiger partial charge in [-0.05, 0) is 78.6 Å². The standard InChI is InChI=1S/C38H32N4S/c1-4-10-25(11-5-1)36-30-18-16-27(39-30)24-28-17-19-31(40-28)37(26-12-6-2-7-13-26)33-21-23-35(42-33)38(34-22-20-32(36)41-34)43-29-14-8-3-9-15-29/h1-2,4-7,10-13,16-24,29,39,42H,3,8-9,14-15H2. The molecule has 2 N–H and O–H groups in total. The van der Waals surface area contributed by atoms with Crippen LogP contribution in [0, 0.1) is 0 Å². The first-order valence-electron chi connectivity index (χ1n) is 15.2. The molecule has 1 aliphatic carbocycles. The second-order valence-electron chi connectivity index (χ2n) is 11.4. The van der Waals surface area contributed by atoms with Crippen LogP contribution in [0.3, 0.4) is 0 Å². The van der Waals surface area contributed by atoms with Gasteiger partial charge in [0.25, 0.3) is 0 Å². The van der Waals surface area contributed by atoms with E-state index in [9.17, 15) is 0 Å². The Morgan fingerprint density at radius 1 is 0.558 bits per heavy atom. The summed E-state index contributed by atoms with van der Waals surface area (Å²) in [4.78, 5) is 19.1. The Balaban J connectivity index is 1.47. The smallest absolute Gasteiger partial charge is 0.0794 e. The van der Waals surface area contributed by atoms with Crippen molar-refractivity contribution in [3.05, 3.63) is 114 Å². The molecule has 1 saturated carbocycles. The van der Waals surface area contributed by atoms with Crippen LogP contribution in [0.15, 0.2) is 95.9 Å². The zero-order valence-corrected chi connectivity index (χ0v) is 24.7. The number of nitrogens with zero attached hydrogens (tertiary/aromatic N) is 2. The average Bonchev–Trinajstić information content (AvgIpc) is 3.88. The van der Waals surface area contributed by atoms with Crippen LogP contribution in [0.5, 0.6) is 0 Å². The molecule has 0 unspecified atom stereocenters. The number of thioether (sulfide) groups is 1. The molecular formula is C38H32N4S. The topological polar surface area (TPSA) is 57.4 Å². The van der Waals surface area contributed by atoms with E-state index in [0.29, 0.717) is 5.25 Å². The molecule has 8 bridgehead atoms. The van der Waals surface area contributed by atoms with Crippen molar-refractivity contribution in [2.75, 3.05) is 0 Å². The first kappa shape index (κ1) is 26.1. The molecule has 5 heteroatoms. The van der Waals surface area contributed by atoms with Crippen molar-refractivity contribution in [2.24, 2.45) is 0 Å². The third-order valence-corrected chi connectivity index (χ3v) is 9.96. The minimum Gasteiger partial charge on any atom is -0.355 e. The van der Waals surface area contributed by atoms with Crippen LogP contribution in [0.25, 0.3) is 68.6 Å². The highest BCUT2D eigenvalue weighted by Crippen LogP contribution is 2.40. The molecule has 0 amide bonds. The number of nitrogens with one attached hydrogen (secondary N) is 2. The van der Waals surface area contributed by atoms with Gasteiger partial charge in [-0.3, -0.25) is 0 Å². The highest BCUT2D eigenvalue weighted by Gasteiger charge is 2.20. The van der Waals surface area contributed by atoms with Crippen LogP contribution in [0.2, 0.25) is 0 Å². The fourth-order valence-electron chi connectivity index (χ4n) is 6.40. The zero-order valence-electron chi connectivity index (χ0n) is 23.9. The quantitative estimate of drug-likeness (QED) is 0.219. The first-order valence-corrected chi connectivity index (χ1v) is 16.1. The van der Waals surface area contributed by atoms with E-state index in [1.807, 2.05) is 11.8 Å². The van der Waals surface area contributed by atoms with Crippen molar-refractivity contribution >= 4 is 58.1 Å². The van der Waals surface area contributed by atoms with Gasteiger partial charge in [0.1, 0.15) is 0 Å². The molecule has 3 aliphatic rings. The van der Waals surface area contributed by atoms with Gasteiger partial charge in [-0.15, -0.1) is 11.8 Å². The van der Waals surface area contributed by atoms with Crippen LogP contribution < -0.4 is 0 Å². The third-order valence-electron chi connectivity index (χ3n) is 8.49. The SMILES string of the molecule is C1=Cc2nc1cc1ccc([nH]1)c(-c1ccccc1)c1nc(c(SC3CCCCC3)c3ccc([nH]3)c2-c2ccccc2)C=C1. The van der Waals surface area contributed by atoms with E-state index in [2.05, 4.69) is 125 Å². The molecule has 3 aromatic heterocycles. The van der Waals surface area contributed by atoms with Crippen molar-refractivity contribution < 1.29 is 0 Å². The predicted molar refractivity (Wildman–Crippen MR) is 182 cm³/mol. The summed E-state index contributed by atoms with van der Waals surface area (Å²) in [5.41, 5.74) is 12.6. The van der Waals surface area contributed by atoms with E-state index in [-0.39, 0.29) is 0 Å². The molecule has 4 nitrogen and oxygen atoms in total. The van der Waals surface area contributed by atoms with Gasteiger partial charge in [0.2, 0.25) is 0 Å². The highest BCUT2D eigenvalue weighted by atomic mass is 32.2. The molecule has 5 heterocycles. The van der Waals surface area contributed by atoms with Gasteiger partial charge in [-0.2, -0.15) is 0 Å². The maximum absolute atomic E-state index is 5.34. The molecule has 43 heavy (non-hydrogen) atoms. The molecular weight excluding hydrogens is 545 g/mol. The lowest BCUT2D eigenvalue weighted by molar-refractivity contribution is 0.516. The molecule has 0 radical (unpaired) electrons. The summed E-state index contributed by atoms with van der Waals surface area (Å²) >= 11 is 2.00. The number of hydrogen-bond donors (Lipinski definition) is 2. The molecule has 2 aliphatic heterocycles. The van der Waals surface area contributed by atoms with Crippen LogP contribution in [0.4, 0.5) is 0 Å². The first-order chi connectivity index (χ1) is 21.3. The maximum Gasteiger partial charge on any atom is 0.0794 e. The summed E-state index contributed by atoms with van der Waals surface area (Å²) in [6.45, 7) is 0. The average molecular weight is 577 g/mol. The van der Waals surface area contributed by atoms with Crippen molar-refractivity contribution in [1.82, 2.24) is 19.9 Å². The Hall–Kier alpha value is -4.61. The second-order valence-corrected chi connectivity index (χ2v) is 12.7. The Morgan fingerprint density at radius 3 is 1.91 bits per heavy atom. The van der Waals surface area contributed by atoms with E-state index >= 15 is 0 Å². The molecule has 0 saturated heterocycles. The molecule has 1 fully saturated rings. The molecule has 2 aromatic carbocycles. The number of hydrogen-bond acceptors (Lipinski definition) is 3. The van der Waals surface area contributed by atoms with Crippen LogP contribution >= 0.6 is 11.8 Å². The Kier molecular flexibility index (Phi) is 6.81. The fourth-order valence-corrected chi connectivity index (χ4v) is 7.79. The van der Waals surface area contributed by atoms with E-state index in [1.54, 1.807) is 0 Å². The zero-order chi connectivity index (χ0) is 28.6. The molecule has 5 aromatic rings. The van der Waals surface area contributed by atoms with Crippen molar-refractivity contribution in [1.29, 1.82) is 0 Å². The number of fused-ring (bicyclic) bond motifs is 8. The van der Waals surface area contributed by atoms with E-state index < -0.39 is 0 Å². The molecule has 0 spiro atoms. The summed E-state index contributed by atoms with van der Waals surface area (Å²) in [6.07, 6.45) is 15.0. The lowest BCUT2D eigenvalue weighted by Crippen LogP contribution is -2.08. The lowest BCUT2D eigenvalue weighted by Gasteiger charge is -2.21. The number of benzene rings is 2. The van der Waals surface area contributed by atoms with Gasteiger partial charge in [0, 0.05) is 32.9 Å². The van der Waals surface area contributed by atoms with Gasteiger partial charge < -0.3 is 9.97 Å². The number of aromatic nitrogens is 4. The second kappa shape index (κ2) is 11.2. The summed E-state index contributed by atoms with van der Waals surface area (Å²) in [6, 6.07) is 32.0. The van der Waals surface area contributed by atoms with Gasteiger partial charge in [-0.25, -0.2) is 9.97 Å². The minimum absolute atomic E-state index is 0.595. The fraction of sp³-hybridized carbons (Fsp3) is 0.158.